The lowest BCUT2D eigenvalue weighted by Crippen LogP contribution is -2.47. The first-order valence-corrected chi connectivity index (χ1v) is 10.2. The molecule has 0 aromatic heterocycles. The molecule has 0 aliphatic heterocycles. The molecule has 0 bridgehead atoms. The minimum Gasteiger partial charge on any atom is -0.497 e. The summed E-state index contributed by atoms with van der Waals surface area (Å²) in [6.45, 7) is 1.75. The number of hydrogen-bond donors (Lipinski definition) is 1. The Kier molecular flexibility index (Phi) is 6.50. The Balaban J connectivity index is 2.33. The number of carbonyl (C=O) groups is 1. The Morgan fingerprint density at radius 1 is 1.23 bits per heavy atom. The molecular formula is C18H21ClN2O4S. The molecule has 2 rings (SSSR count). The van der Waals surface area contributed by atoms with Crippen LogP contribution in [0.4, 0.5) is 11.4 Å². The number of anilines is 2. The monoisotopic (exact) mass is 396 g/mol. The summed E-state index contributed by atoms with van der Waals surface area (Å²) >= 11 is 5.99. The van der Waals surface area contributed by atoms with E-state index in [9.17, 15) is 13.2 Å². The van der Waals surface area contributed by atoms with E-state index in [2.05, 4.69) is 5.32 Å². The SMILES string of the molecule is CC[C@H](C(=O)Nc1ccc(OC)cc1)N(c1cccc(Cl)c1)S(C)(=O)=O. The van der Waals surface area contributed by atoms with Crippen LogP contribution in [0.5, 0.6) is 5.75 Å². The number of methoxy groups -OCH3 is 1. The summed E-state index contributed by atoms with van der Waals surface area (Å²) in [6, 6.07) is 12.3. The quantitative estimate of drug-likeness (QED) is 0.776. The van der Waals surface area contributed by atoms with Gasteiger partial charge in [0.2, 0.25) is 15.9 Å². The van der Waals surface area contributed by atoms with E-state index in [0.29, 0.717) is 28.6 Å². The third-order valence-corrected chi connectivity index (χ3v) is 5.16. The molecule has 140 valence electrons. The van der Waals surface area contributed by atoms with Crippen LogP contribution in [0.25, 0.3) is 0 Å². The predicted molar refractivity (Wildman–Crippen MR) is 104 cm³/mol. The number of sulfonamides is 1. The number of rotatable bonds is 7. The predicted octanol–water partition coefficient (Wildman–Crippen LogP) is 3.53. The van der Waals surface area contributed by atoms with Gasteiger partial charge in [0.15, 0.2) is 0 Å². The molecule has 2 aromatic carbocycles. The van der Waals surface area contributed by atoms with Crippen LogP contribution in [-0.2, 0) is 14.8 Å². The van der Waals surface area contributed by atoms with Crippen LogP contribution in [0.3, 0.4) is 0 Å². The first-order valence-electron chi connectivity index (χ1n) is 7.96. The molecule has 0 unspecified atom stereocenters. The van der Waals surface area contributed by atoms with Crippen LogP contribution in [0.1, 0.15) is 13.3 Å². The third kappa shape index (κ3) is 4.89. The minimum atomic E-state index is -3.70. The van der Waals surface area contributed by atoms with Crippen LogP contribution in [-0.4, -0.2) is 33.7 Å². The number of ether oxygens (including phenoxy) is 1. The molecule has 0 spiro atoms. The molecule has 0 saturated heterocycles. The fraction of sp³-hybridized carbons (Fsp3) is 0.278. The van der Waals surface area contributed by atoms with Crippen molar-refractivity contribution >= 4 is 38.9 Å². The van der Waals surface area contributed by atoms with E-state index in [4.69, 9.17) is 16.3 Å². The van der Waals surface area contributed by atoms with Gasteiger partial charge in [-0.3, -0.25) is 9.10 Å². The molecular weight excluding hydrogens is 376 g/mol. The lowest BCUT2D eigenvalue weighted by Gasteiger charge is -2.30. The van der Waals surface area contributed by atoms with E-state index in [1.54, 1.807) is 56.5 Å². The Morgan fingerprint density at radius 2 is 1.88 bits per heavy atom. The average Bonchev–Trinajstić information content (AvgIpc) is 2.58. The first kappa shape index (κ1) is 20.1. The van der Waals surface area contributed by atoms with Crippen LogP contribution >= 0.6 is 11.6 Å². The normalized spacial score (nSPS) is 12.3. The van der Waals surface area contributed by atoms with Gasteiger partial charge in [-0.1, -0.05) is 24.6 Å². The fourth-order valence-corrected chi connectivity index (χ4v) is 3.96. The molecule has 2 aromatic rings. The summed E-state index contributed by atoms with van der Waals surface area (Å²) < 4.78 is 30.9. The van der Waals surface area contributed by atoms with Crippen LogP contribution in [0.2, 0.25) is 5.02 Å². The molecule has 6 nitrogen and oxygen atoms in total. The minimum absolute atomic E-state index is 0.293. The largest absolute Gasteiger partial charge is 0.497 e. The summed E-state index contributed by atoms with van der Waals surface area (Å²) in [5, 5.41) is 3.14. The number of carbonyl (C=O) groups excluding carboxylic acids is 1. The van der Waals surface area contributed by atoms with Gasteiger partial charge < -0.3 is 10.1 Å². The van der Waals surface area contributed by atoms with E-state index < -0.39 is 22.0 Å². The maximum Gasteiger partial charge on any atom is 0.248 e. The highest BCUT2D eigenvalue weighted by Crippen LogP contribution is 2.26. The van der Waals surface area contributed by atoms with Crippen molar-refractivity contribution in [1.82, 2.24) is 0 Å². The maximum atomic E-state index is 12.8. The molecule has 0 heterocycles. The zero-order valence-corrected chi connectivity index (χ0v) is 16.3. The molecule has 1 N–H and O–H groups in total. The topological polar surface area (TPSA) is 75.7 Å². The average molecular weight is 397 g/mol. The molecule has 1 amide bonds. The van der Waals surface area contributed by atoms with E-state index in [1.807, 2.05) is 0 Å². The van der Waals surface area contributed by atoms with Crippen molar-refractivity contribution in [2.75, 3.05) is 23.0 Å². The molecule has 8 heteroatoms. The Morgan fingerprint density at radius 3 is 2.38 bits per heavy atom. The van der Waals surface area contributed by atoms with Crippen LogP contribution in [0.15, 0.2) is 48.5 Å². The molecule has 0 radical (unpaired) electrons. The van der Waals surface area contributed by atoms with E-state index >= 15 is 0 Å². The second-order valence-corrected chi connectivity index (χ2v) is 7.98. The maximum absolute atomic E-state index is 12.8. The van der Waals surface area contributed by atoms with Gasteiger partial charge in [-0.05, 0) is 48.9 Å². The number of benzene rings is 2. The van der Waals surface area contributed by atoms with Crippen molar-refractivity contribution in [3.8, 4) is 5.75 Å². The number of halogens is 1. The third-order valence-electron chi connectivity index (χ3n) is 3.75. The number of nitrogens with one attached hydrogen (secondary N) is 1. The highest BCUT2D eigenvalue weighted by atomic mass is 35.5. The van der Waals surface area contributed by atoms with Crippen molar-refractivity contribution in [2.24, 2.45) is 0 Å². The van der Waals surface area contributed by atoms with E-state index in [0.717, 1.165) is 10.6 Å². The lowest BCUT2D eigenvalue weighted by atomic mass is 10.2. The van der Waals surface area contributed by atoms with Crippen LogP contribution < -0.4 is 14.4 Å². The zero-order chi connectivity index (χ0) is 19.3. The summed E-state index contributed by atoms with van der Waals surface area (Å²) in [7, 11) is -2.15. The first-order chi connectivity index (χ1) is 12.3. The Labute approximate surface area is 158 Å². The summed E-state index contributed by atoms with van der Waals surface area (Å²) in [5.74, 6) is 0.231. The highest BCUT2D eigenvalue weighted by molar-refractivity contribution is 7.92. The van der Waals surface area contributed by atoms with Gasteiger partial charge in [0.05, 0.1) is 19.1 Å². The van der Waals surface area contributed by atoms with Gasteiger partial charge in [0, 0.05) is 10.7 Å². The van der Waals surface area contributed by atoms with Crippen LogP contribution in [0, 0.1) is 0 Å². The van der Waals surface area contributed by atoms with Crippen molar-refractivity contribution in [3.05, 3.63) is 53.6 Å². The van der Waals surface area contributed by atoms with Gasteiger partial charge in [-0.15, -0.1) is 0 Å². The molecule has 1 atom stereocenters. The number of amides is 1. The van der Waals surface area contributed by atoms with Gasteiger partial charge >= 0.3 is 0 Å². The van der Waals surface area contributed by atoms with Crippen molar-refractivity contribution < 1.29 is 17.9 Å². The molecule has 0 fully saturated rings. The van der Waals surface area contributed by atoms with E-state index in [-0.39, 0.29) is 0 Å². The smallest absolute Gasteiger partial charge is 0.248 e. The van der Waals surface area contributed by atoms with Crippen molar-refractivity contribution in [3.63, 3.8) is 0 Å². The fourth-order valence-electron chi connectivity index (χ4n) is 2.57. The van der Waals surface area contributed by atoms with Gasteiger partial charge in [0.1, 0.15) is 11.8 Å². The second kappa shape index (κ2) is 8.42. The van der Waals surface area contributed by atoms with Crippen molar-refractivity contribution in [1.29, 1.82) is 0 Å². The second-order valence-electron chi connectivity index (χ2n) is 5.68. The van der Waals surface area contributed by atoms with E-state index in [1.165, 1.54) is 6.07 Å². The highest BCUT2D eigenvalue weighted by Gasteiger charge is 2.31. The number of nitrogens with zero attached hydrogens (tertiary/aromatic N) is 1. The lowest BCUT2D eigenvalue weighted by molar-refractivity contribution is -0.117. The Hall–Kier alpha value is -2.25. The van der Waals surface area contributed by atoms with Gasteiger partial charge in [-0.2, -0.15) is 0 Å². The zero-order valence-electron chi connectivity index (χ0n) is 14.8. The summed E-state index contributed by atoms with van der Waals surface area (Å²) in [5.41, 5.74) is 0.894. The standard InChI is InChI=1S/C18H21ClN2O4S/c1-4-17(18(22)20-14-8-10-16(25-2)11-9-14)21(26(3,23)24)15-7-5-6-13(19)12-15/h5-12,17H,4H2,1-3H3,(H,20,22)/t17-/m1/s1. The summed E-state index contributed by atoms with van der Waals surface area (Å²) in [6.07, 6.45) is 1.36. The molecule has 0 saturated carbocycles. The number of hydrogen-bond acceptors (Lipinski definition) is 4. The summed E-state index contributed by atoms with van der Waals surface area (Å²) in [4.78, 5) is 12.8. The Bertz CT molecular complexity index is 869. The van der Waals surface area contributed by atoms with Crippen molar-refractivity contribution in [2.45, 2.75) is 19.4 Å². The molecule has 0 aliphatic carbocycles. The molecule has 0 aliphatic rings. The molecule has 26 heavy (non-hydrogen) atoms. The van der Waals surface area contributed by atoms with Gasteiger partial charge in [0.25, 0.3) is 0 Å². The van der Waals surface area contributed by atoms with Gasteiger partial charge in [-0.25, -0.2) is 8.42 Å².